The first-order valence-electron chi connectivity index (χ1n) is 9.64. The van der Waals surface area contributed by atoms with Crippen LogP contribution in [0.5, 0.6) is 5.75 Å². The zero-order valence-corrected chi connectivity index (χ0v) is 16.4. The lowest BCUT2D eigenvalue weighted by molar-refractivity contribution is -0.137. The molecule has 4 rings (SSSR count). The van der Waals surface area contributed by atoms with Gasteiger partial charge in [-0.15, -0.1) is 0 Å². The molecule has 0 heterocycles. The number of benzene rings is 4. The van der Waals surface area contributed by atoms with Gasteiger partial charge in [-0.3, -0.25) is 5.43 Å². The van der Waals surface area contributed by atoms with Crippen molar-refractivity contribution in [3.8, 4) is 5.75 Å². The smallest absolute Gasteiger partial charge is 0.416 e. The van der Waals surface area contributed by atoms with Gasteiger partial charge in [0, 0.05) is 0 Å². The van der Waals surface area contributed by atoms with Crippen LogP contribution in [0, 0.1) is 0 Å². The van der Waals surface area contributed by atoms with E-state index in [-0.39, 0.29) is 0 Å². The van der Waals surface area contributed by atoms with E-state index in [1.54, 1.807) is 6.21 Å². The summed E-state index contributed by atoms with van der Waals surface area (Å²) in [5, 5.41) is 6.43. The number of anilines is 1. The topological polar surface area (TPSA) is 33.6 Å². The zero-order chi connectivity index (χ0) is 21.7. The number of ether oxygens (including phenoxy) is 1. The van der Waals surface area contributed by atoms with E-state index in [1.807, 2.05) is 36.4 Å². The van der Waals surface area contributed by atoms with Gasteiger partial charge < -0.3 is 4.74 Å². The second-order valence-electron chi connectivity index (χ2n) is 6.98. The fourth-order valence-electron chi connectivity index (χ4n) is 3.06. The highest BCUT2D eigenvalue weighted by Gasteiger charge is 2.29. The number of hydrazone groups is 1. The van der Waals surface area contributed by atoms with Crippen molar-refractivity contribution in [2.24, 2.45) is 5.10 Å². The molecule has 3 nitrogen and oxygen atoms in total. The van der Waals surface area contributed by atoms with E-state index in [4.69, 9.17) is 4.74 Å². The van der Waals surface area contributed by atoms with Crippen LogP contribution in [0.2, 0.25) is 0 Å². The van der Waals surface area contributed by atoms with Gasteiger partial charge in [-0.2, -0.15) is 18.3 Å². The molecule has 4 aromatic rings. The Balaban J connectivity index is 1.31. The molecule has 0 aliphatic heterocycles. The van der Waals surface area contributed by atoms with E-state index in [1.165, 1.54) is 22.9 Å². The number of halogens is 3. The molecule has 0 spiro atoms. The molecule has 0 aromatic heterocycles. The minimum absolute atomic E-state index is 0.466. The highest BCUT2D eigenvalue weighted by molar-refractivity contribution is 5.83. The Hall–Kier alpha value is -3.80. The molecule has 4 aromatic carbocycles. The molecule has 0 aliphatic carbocycles. The Morgan fingerprint density at radius 1 is 0.806 bits per heavy atom. The molecule has 0 aliphatic rings. The summed E-state index contributed by atoms with van der Waals surface area (Å²) in [5.41, 5.74) is 4.42. The van der Waals surface area contributed by atoms with Gasteiger partial charge in [0.1, 0.15) is 12.4 Å². The van der Waals surface area contributed by atoms with E-state index in [0.717, 1.165) is 29.0 Å². The molecule has 0 amide bonds. The average Bonchev–Trinajstić information content (AvgIpc) is 2.78. The number of hydrogen-bond donors (Lipinski definition) is 1. The first kappa shape index (κ1) is 20.5. The van der Waals surface area contributed by atoms with Gasteiger partial charge in [0.15, 0.2) is 0 Å². The van der Waals surface area contributed by atoms with Crippen LogP contribution < -0.4 is 10.2 Å². The summed E-state index contributed by atoms with van der Waals surface area (Å²) < 4.78 is 43.6. The lowest BCUT2D eigenvalue weighted by atomic mass is 10.1. The van der Waals surface area contributed by atoms with Crippen molar-refractivity contribution in [2.75, 3.05) is 5.43 Å². The second-order valence-corrected chi connectivity index (χ2v) is 6.98. The lowest BCUT2D eigenvalue weighted by Gasteiger charge is -2.08. The molecule has 31 heavy (non-hydrogen) atoms. The molecule has 0 fully saturated rings. The molecular formula is C25H19F3N2O. The highest BCUT2D eigenvalue weighted by atomic mass is 19.4. The summed E-state index contributed by atoms with van der Waals surface area (Å²) in [6.07, 6.45) is -2.76. The third-order valence-electron chi connectivity index (χ3n) is 4.72. The average molecular weight is 420 g/mol. The summed E-state index contributed by atoms with van der Waals surface area (Å²) in [6.45, 7) is 0.466. The predicted molar refractivity (Wildman–Crippen MR) is 117 cm³/mol. The molecule has 0 saturated carbocycles. The van der Waals surface area contributed by atoms with Gasteiger partial charge in [-0.05, 0) is 76.5 Å². The quantitative estimate of drug-likeness (QED) is 0.272. The van der Waals surface area contributed by atoms with E-state index in [0.29, 0.717) is 12.3 Å². The fraction of sp³-hybridized carbons (Fsp3) is 0.0800. The van der Waals surface area contributed by atoms with Crippen LogP contribution in [0.3, 0.4) is 0 Å². The monoisotopic (exact) mass is 420 g/mol. The Bertz CT molecular complexity index is 1180. The largest absolute Gasteiger partial charge is 0.489 e. The summed E-state index contributed by atoms with van der Waals surface area (Å²) in [4.78, 5) is 0. The van der Waals surface area contributed by atoms with Gasteiger partial charge in [-0.1, -0.05) is 36.4 Å². The first-order chi connectivity index (χ1) is 15.0. The maximum Gasteiger partial charge on any atom is 0.416 e. The van der Waals surface area contributed by atoms with Crippen LogP contribution >= 0.6 is 0 Å². The Morgan fingerprint density at radius 2 is 1.52 bits per heavy atom. The zero-order valence-electron chi connectivity index (χ0n) is 16.4. The number of rotatable bonds is 6. The van der Waals surface area contributed by atoms with E-state index in [2.05, 4.69) is 40.9 Å². The minimum atomic E-state index is -4.35. The van der Waals surface area contributed by atoms with Crippen molar-refractivity contribution in [2.45, 2.75) is 12.8 Å². The summed E-state index contributed by atoms with van der Waals surface area (Å²) in [6, 6.07) is 26.5. The number of nitrogens with zero attached hydrogens (tertiary/aromatic N) is 1. The van der Waals surface area contributed by atoms with Gasteiger partial charge in [-0.25, -0.2) is 0 Å². The molecule has 0 bridgehead atoms. The van der Waals surface area contributed by atoms with Crippen molar-refractivity contribution in [1.82, 2.24) is 0 Å². The molecule has 0 unspecified atom stereocenters. The van der Waals surface area contributed by atoms with Gasteiger partial charge >= 0.3 is 6.18 Å². The first-order valence-corrected chi connectivity index (χ1v) is 9.64. The lowest BCUT2D eigenvalue weighted by Crippen LogP contribution is -2.04. The number of alkyl halides is 3. The summed E-state index contributed by atoms with van der Waals surface area (Å²) in [5.74, 6) is 0.737. The standard InChI is InChI=1S/C25H19F3N2O/c26-25(27,28)22-9-11-23(12-10-22)30-29-16-18-6-13-24(14-7-18)31-17-19-5-8-20-3-1-2-4-21(20)15-19/h1-16,30H,17H2/b29-16+. The van der Waals surface area contributed by atoms with Crippen LogP contribution in [0.25, 0.3) is 10.8 Å². The minimum Gasteiger partial charge on any atom is -0.489 e. The van der Waals surface area contributed by atoms with Crippen LogP contribution in [0.1, 0.15) is 16.7 Å². The van der Waals surface area contributed by atoms with E-state index < -0.39 is 11.7 Å². The number of hydrogen-bond acceptors (Lipinski definition) is 3. The number of nitrogens with one attached hydrogen (secondary N) is 1. The van der Waals surface area contributed by atoms with E-state index in [9.17, 15) is 13.2 Å². The van der Waals surface area contributed by atoms with Crippen LogP contribution in [-0.2, 0) is 12.8 Å². The van der Waals surface area contributed by atoms with Gasteiger partial charge in [0.05, 0.1) is 17.5 Å². The van der Waals surface area contributed by atoms with Gasteiger partial charge in [0.2, 0.25) is 0 Å². The molecule has 0 radical (unpaired) electrons. The van der Waals surface area contributed by atoms with Crippen molar-refractivity contribution >= 4 is 22.7 Å². The van der Waals surface area contributed by atoms with Gasteiger partial charge in [0.25, 0.3) is 0 Å². The maximum atomic E-state index is 12.6. The summed E-state index contributed by atoms with van der Waals surface area (Å²) in [7, 11) is 0. The van der Waals surface area contributed by atoms with Crippen LogP contribution in [-0.4, -0.2) is 6.21 Å². The van der Waals surface area contributed by atoms with Crippen molar-refractivity contribution in [3.05, 3.63) is 108 Å². The maximum absolute atomic E-state index is 12.6. The third-order valence-corrected chi connectivity index (χ3v) is 4.72. The third kappa shape index (κ3) is 5.42. The Kier molecular flexibility index (Phi) is 5.89. The SMILES string of the molecule is FC(F)(F)c1ccc(N/N=C/c2ccc(OCc3ccc4ccccc4c3)cc2)cc1. The Labute approximate surface area is 177 Å². The summed E-state index contributed by atoms with van der Waals surface area (Å²) >= 11 is 0. The van der Waals surface area contributed by atoms with Crippen molar-refractivity contribution < 1.29 is 17.9 Å². The second kappa shape index (κ2) is 8.92. The molecule has 0 atom stereocenters. The molecule has 6 heteroatoms. The van der Waals surface area contributed by atoms with Crippen LogP contribution in [0.15, 0.2) is 96.1 Å². The normalized spacial score (nSPS) is 11.7. The van der Waals surface area contributed by atoms with Crippen molar-refractivity contribution in [3.63, 3.8) is 0 Å². The molecule has 156 valence electrons. The molecule has 0 saturated heterocycles. The van der Waals surface area contributed by atoms with Crippen molar-refractivity contribution in [1.29, 1.82) is 0 Å². The molecular weight excluding hydrogens is 401 g/mol. The highest BCUT2D eigenvalue weighted by Crippen LogP contribution is 2.29. The number of fused-ring (bicyclic) bond motifs is 1. The van der Waals surface area contributed by atoms with Crippen LogP contribution in [0.4, 0.5) is 18.9 Å². The fourth-order valence-corrected chi connectivity index (χ4v) is 3.06. The predicted octanol–water partition coefficient (Wildman–Crippen LogP) is 6.88. The Morgan fingerprint density at radius 3 is 2.23 bits per heavy atom. The van der Waals surface area contributed by atoms with E-state index >= 15 is 0 Å². The molecule has 1 N–H and O–H groups in total.